The molecule has 65 valence electrons. The van der Waals surface area contributed by atoms with Crippen LogP contribution in [0.2, 0.25) is 0 Å². The number of hydrogen-bond acceptors (Lipinski definition) is 1. The van der Waals surface area contributed by atoms with Gasteiger partial charge in [0, 0.05) is 12.1 Å². The van der Waals surface area contributed by atoms with E-state index in [2.05, 4.69) is 0 Å². The molecule has 5 heteroatoms. The molecule has 0 spiro atoms. The standard InChI is InChI=1S/C7H3F4O/c8-6-3-4(12)1-2-5(6)7(9,10)11/h2-3,12H. The van der Waals surface area contributed by atoms with E-state index in [1.807, 2.05) is 6.07 Å². The molecule has 12 heavy (non-hydrogen) atoms. The van der Waals surface area contributed by atoms with Crippen LogP contribution in [0.3, 0.4) is 0 Å². The van der Waals surface area contributed by atoms with Crippen LogP contribution in [-0.4, -0.2) is 5.11 Å². The summed E-state index contributed by atoms with van der Waals surface area (Å²) >= 11 is 0. The van der Waals surface area contributed by atoms with E-state index in [0.717, 1.165) is 0 Å². The van der Waals surface area contributed by atoms with E-state index in [4.69, 9.17) is 5.11 Å². The lowest BCUT2D eigenvalue weighted by atomic mass is 10.2. The Morgan fingerprint density at radius 3 is 2.33 bits per heavy atom. The number of alkyl halides is 3. The number of phenols is 1. The van der Waals surface area contributed by atoms with Gasteiger partial charge in [0.1, 0.15) is 11.6 Å². The molecule has 0 saturated carbocycles. The summed E-state index contributed by atoms with van der Waals surface area (Å²) in [6.07, 6.45) is -4.74. The Labute approximate surface area is 65.3 Å². The Kier molecular flexibility index (Phi) is 1.95. The second-order valence-corrected chi connectivity index (χ2v) is 2.08. The highest BCUT2D eigenvalue weighted by Crippen LogP contribution is 2.32. The first-order valence-corrected chi connectivity index (χ1v) is 2.88. The van der Waals surface area contributed by atoms with Crippen LogP contribution in [-0.2, 0) is 6.18 Å². The fourth-order valence-electron chi connectivity index (χ4n) is 0.672. The van der Waals surface area contributed by atoms with E-state index in [1.54, 1.807) is 0 Å². The molecule has 1 radical (unpaired) electrons. The summed E-state index contributed by atoms with van der Waals surface area (Å²) < 4.78 is 48.0. The molecule has 0 atom stereocenters. The molecule has 1 aromatic carbocycles. The van der Waals surface area contributed by atoms with E-state index >= 15 is 0 Å². The molecule has 0 unspecified atom stereocenters. The molecule has 1 nitrogen and oxygen atoms in total. The van der Waals surface area contributed by atoms with Crippen molar-refractivity contribution in [1.29, 1.82) is 0 Å². The summed E-state index contributed by atoms with van der Waals surface area (Å²) in [7, 11) is 0. The van der Waals surface area contributed by atoms with Crippen molar-refractivity contribution in [2.75, 3.05) is 0 Å². The van der Waals surface area contributed by atoms with Gasteiger partial charge in [-0.2, -0.15) is 13.2 Å². The largest absolute Gasteiger partial charge is 0.507 e. The van der Waals surface area contributed by atoms with Gasteiger partial charge in [-0.1, -0.05) is 0 Å². The maximum Gasteiger partial charge on any atom is 0.419 e. The van der Waals surface area contributed by atoms with E-state index in [1.165, 1.54) is 0 Å². The van der Waals surface area contributed by atoms with Crippen LogP contribution in [0.15, 0.2) is 12.1 Å². The van der Waals surface area contributed by atoms with Gasteiger partial charge in [-0.15, -0.1) is 0 Å². The molecule has 0 amide bonds. The monoisotopic (exact) mass is 179 g/mol. The van der Waals surface area contributed by atoms with Crippen molar-refractivity contribution in [3.63, 3.8) is 0 Å². The van der Waals surface area contributed by atoms with Crippen LogP contribution in [0.25, 0.3) is 0 Å². The van der Waals surface area contributed by atoms with Crippen molar-refractivity contribution >= 4 is 0 Å². The molecular weight excluding hydrogens is 176 g/mol. The third kappa shape index (κ3) is 1.66. The molecule has 0 saturated heterocycles. The average molecular weight is 179 g/mol. The van der Waals surface area contributed by atoms with Gasteiger partial charge in [-0.25, -0.2) is 4.39 Å². The molecule has 1 aromatic rings. The Morgan fingerprint density at radius 1 is 1.33 bits per heavy atom. The van der Waals surface area contributed by atoms with Crippen molar-refractivity contribution < 1.29 is 22.7 Å². The number of benzene rings is 1. The highest BCUT2D eigenvalue weighted by Gasteiger charge is 2.33. The minimum Gasteiger partial charge on any atom is -0.507 e. The number of phenolic OH excluding ortho intramolecular Hbond substituents is 1. The van der Waals surface area contributed by atoms with Crippen LogP contribution in [0.1, 0.15) is 5.56 Å². The summed E-state index contributed by atoms with van der Waals surface area (Å²) in [5, 5.41) is 8.54. The van der Waals surface area contributed by atoms with Gasteiger partial charge in [0.05, 0.1) is 5.56 Å². The summed E-state index contributed by atoms with van der Waals surface area (Å²) in [6.45, 7) is 0. The van der Waals surface area contributed by atoms with Crippen molar-refractivity contribution in [3.05, 3.63) is 29.6 Å². The zero-order valence-electron chi connectivity index (χ0n) is 5.61. The van der Waals surface area contributed by atoms with Crippen LogP contribution in [0, 0.1) is 11.9 Å². The lowest BCUT2D eigenvalue weighted by Gasteiger charge is -2.06. The molecule has 0 aliphatic heterocycles. The van der Waals surface area contributed by atoms with Gasteiger partial charge >= 0.3 is 6.18 Å². The average Bonchev–Trinajstić information content (AvgIpc) is 1.83. The minimum atomic E-state index is -4.74. The summed E-state index contributed by atoms with van der Waals surface area (Å²) in [4.78, 5) is 0. The van der Waals surface area contributed by atoms with Crippen LogP contribution in [0.4, 0.5) is 17.6 Å². The molecule has 0 fully saturated rings. The summed E-state index contributed by atoms with van der Waals surface area (Å²) in [5.74, 6) is -2.15. The maximum atomic E-state index is 12.4. The van der Waals surface area contributed by atoms with Gasteiger partial charge in [0.25, 0.3) is 0 Å². The van der Waals surface area contributed by atoms with Crippen molar-refractivity contribution in [3.8, 4) is 5.75 Å². The first kappa shape index (κ1) is 8.83. The molecule has 0 aromatic heterocycles. The fourth-order valence-corrected chi connectivity index (χ4v) is 0.672. The topological polar surface area (TPSA) is 20.2 Å². The second kappa shape index (κ2) is 2.66. The quantitative estimate of drug-likeness (QED) is 0.606. The molecule has 1 N–H and O–H groups in total. The van der Waals surface area contributed by atoms with Gasteiger partial charge in [0.2, 0.25) is 0 Å². The zero-order chi connectivity index (χ0) is 9.35. The Hall–Kier alpha value is -1.26. The van der Waals surface area contributed by atoms with Gasteiger partial charge < -0.3 is 5.11 Å². The Morgan fingerprint density at radius 2 is 1.92 bits per heavy atom. The third-order valence-corrected chi connectivity index (χ3v) is 1.19. The van der Waals surface area contributed by atoms with Crippen LogP contribution < -0.4 is 0 Å². The number of aromatic hydroxyl groups is 1. The summed E-state index contributed by atoms with van der Waals surface area (Å²) in [5.41, 5.74) is -1.43. The lowest BCUT2D eigenvalue weighted by Crippen LogP contribution is -2.07. The van der Waals surface area contributed by atoms with Crippen LogP contribution in [0.5, 0.6) is 5.75 Å². The van der Waals surface area contributed by atoms with Crippen molar-refractivity contribution in [2.45, 2.75) is 6.18 Å². The molecule has 0 aliphatic rings. The van der Waals surface area contributed by atoms with Gasteiger partial charge in [-0.3, -0.25) is 0 Å². The van der Waals surface area contributed by atoms with Gasteiger partial charge in [-0.05, 0) is 6.07 Å². The van der Waals surface area contributed by atoms with Crippen LogP contribution >= 0.6 is 0 Å². The molecule has 0 aliphatic carbocycles. The molecular formula is C7H3F4O. The first-order valence-electron chi connectivity index (χ1n) is 2.88. The molecule has 0 heterocycles. The SMILES string of the molecule is Oc1[c]cc(C(F)(F)F)c(F)c1. The predicted octanol–water partition coefficient (Wildman–Crippen LogP) is 2.35. The molecule has 0 bridgehead atoms. The van der Waals surface area contributed by atoms with E-state index in [9.17, 15) is 17.6 Å². The van der Waals surface area contributed by atoms with E-state index in [0.29, 0.717) is 12.1 Å². The lowest BCUT2D eigenvalue weighted by molar-refractivity contribution is -0.140. The van der Waals surface area contributed by atoms with E-state index in [-0.39, 0.29) is 0 Å². The Bertz CT molecular complexity index is 292. The smallest absolute Gasteiger partial charge is 0.419 e. The second-order valence-electron chi connectivity index (χ2n) is 2.08. The van der Waals surface area contributed by atoms with Gasteiger partial charge in [0.15, 0.2) is 0 Å². The number of hydrogen-bond donors (Lipinski definition) is 1. The fraction of sp³-hybridized carbons (Fsp3) is 0.143. The van der Waals surface area contributed by atoms with E-state index < -0.39 is 23.3 Å². The number of rotatable bonds is 0. The van der Waals surface area contributed by atoms with Crippen molar-refractivity contribution in [1.82, 2.24) is 0 Å². The first-order chi connectivity index (χ1) is 5.41. The highest BCUT2D eigenvalue weighted by atomic mass is 19.4. The normalized spacial score (nSPS) is 11.7. The minimum absolute atomic E-state index is 0.364. The Balaban J connectivity index is 3.19. The van der Waals surface area contributed by atoms with Crippen molar-refractivity contribution in [2.24, 2.45) is 0 Å². The summed E-state index contributed by atoms with van der Waals surface area (Å²) in [6, 6.07) is 2.57. The third-order valence-electron chi connectivity index (χ3n) is 1.19. The zero-order valence-corrected chi connectivity index (χ0v) is 5.61. The maximum absolute atomic E-state index is 12.4. The predicted molar refractivity (Wildman–Crippen MR) is 31.9 cm³/mol. The highest BCUT2D eigenvalue weighted by molar-refractivity contribution is 5.28. The molecule has 1 rings (SSSR count). The number of halogens is 4.